The number of rotatable bonds is 4. The SMILES string of the molecule is Cn1ccnc1CCn1c(=O)[nH]c2c(C(=O)O)cccc21. The number of nitrogens with one attached hydrogen (secondary N) is 1. The fourth-order valence-electron chi connectivity index (χ4n) is 2.43. The molecular formula is C14H14N4O3. The molecule has 108 valence electrons. The summed E-state index contributed by atoms with van der Waals surface area (Å²) in [5.74, 6) is -0.191. The van der Waals surface area contributed by atoms with Gasteiger partial charge in [0, 0.05) is 32.4 Å². The number of imidazole rings is 2. The Kier molecular flexibility index (Phi) is 3.09. The number of aryl methyl sites for hydroxylation is 3. The Labute approximate surface area is 119 Å². The van der Waals surface area contributed by atoms with Crippen LogP contribution in [0.15, 0.2) is 35.4 Å². The minimum Gasteiger partial charge on any atom is -0.478 e. The molecule has 0 bridgehead atoms. The molecule has 2 heterocycles. The van der Waals surface area contributed by atoms with Crippen molar-refractivity contribution in [1.29, 1.82) is 0 Å². The molecule has 0 aliphatic carbocycles. The van der Waals surface area contributed by atoms with Crippen LogP contribution in [-0.4, -0.2) is 30.2 Å². The van der Waals surface area contributed by atoms with Crippen LogP contribution < -0.4 is 5.69 Å². The quantitative estimate of drug-likeness (QED) is 0.748. The molecule has 21 heavy (non-hydrogen) atoms. The van der Waals surface area contributed by atoms with Gasteiger partial charge in [-0.15, -0.1) is 0 Å². The number of nitrogens with zero attached hydrogens (tertiary/aromatic N) is 3. The molecule has 3 aromatic rings. The summed E-state index contributed by atoms with van der Waals surface area (Å²) in [7, 11) is 1.89. The van der Waals surface area contributed by atoms with E-state index in [4.69, 9.17) is 5.11 Å². The lowest BCUT2D eigenvalue weighted by molar-refractivity contribution is 0.0699. The van der Waals surface area contributed by atoms with E-state index in [2.05, 4.69) is 9.97 Å². The van der Waals surface area contributed by atoms with Crippen molar-refractivity contribution in [3.05, 3.63) is 52.5 Å². The third kappa shape index (κ3) is 2.22. The maximum Gasteiger partial charge on any atom is 0.337 e. The van der Waals surface area contributed by atoms with Gasteiger partial charge in [0.25, 0.3) is 0 Å². The molecule has 0 atom stereocenters. The Bertz CT molecular complexity index is 872. The highest BCUT2D eigenvalue weighted by atomic mass is 16.4. The van der Waals surface area contributed by atoms with Crippen LogP contribution in [-0.2, 0) is 20.0 Å². The van der Waals surface area contributed by atoms with Crippen molar-refractivity contribution in [3.8, 4) is 0 Å². The Morgan fingerprint density at radius 2 is 2.24 bits per heavy atom. The number of fused-ring (bicyclic) bond motifs is 1. The molecule has 1 aromatic carbocycles. The summed E-state index contributed by atoms with van der Waals surface area (Å²) >= 11 is 0. The molecule has 0 saturated heterocycles. The number of aromatic nitrogens is 4. The summed E-state index contributed by atoms with van der Waals surface area (Å²) < 4.78 is 3.43. The van der Waals surface area contributed by atoms with E-state index in [0.717, 1.165) is 5.82 Å². The van der Waals surface area contributed by atoms with Gasteiger partial charge in [0.05, 0.1) is 16.6 Å². The summed E-state index contributed by atoms with van der Waals surface area (Å²) in [6, 6.07) is 4.85. The van der Waals surface area contributed by atoms with Crippen LogP contribution in [0.1, 0.15) is 16.2 Å². The van der Waals surface area contributed by atoms with E-state index in [0.29, 0.717) is 24.0 Å². The number of para-hydroxylation sites is 1. The van der Waals surface area contributed by atoms with E-state index in [-0.39, 0.29) is 11.3 Å². The fraction of sp³-hybridized carbons (Fsp3) is 0.214. The Morgan fingerprint density at radius 1 is 1.43 bits per heavy atom. The minimum absolute atomic E-state index is 0.0975. The number of hydrogen-bond donors (Lipinski definition) is 2. The molecule has 2 N–H and O–H groups in total. The van der Waals surface area contributed by atoms with Gasteiger partial charge in [-0.25, -0.2) is 14.6 Å². The molecule has 7 nitrogen and oxygen atoms in total. The Balaban J connectivity index is 2.01. The zero-order valence-electron chi connectivity index (χ0n) is 11.4. The van der Waals surface area contributed by atoms with Gasteiger partial charge < -0.3 is 14.7 Å². The lowest BCUT2D eigenvalue weighted by Gasteiger charge is -2.04. The van der Waals surface area contributed by atoms with Crippen molar-refractivity contribution >= 4 is 17.0 Å². The zero-order valence-corrected chi connectivity index (χ0v) is 11.4. The maximum atomic E-state index is 12.0. The summed E-state index contributed by atoms with van der Waals surface area (Å²) in [4.78, 5) is 30.1. The Morgan fingerprint density at radius 3 is 2.90 bits per heavy atom. The van der Waals surface area contributed by atoms with Crippen LogP contribution in [0.2, 0.25) is 0 Å². The number of carboxylic acid groups (broad SMARTS) is 1. The van der Waals surface area contributed by atoms with Crippen LogP contribution in [0.3, 0.4) is 0 Å². The highest BCUT2D eigenvalue weighted by Crippen LogP contribution is 2.15. The van der Waals surface area contributed by atoms with Crippen molar-refractivity contribution in [3.63, 3.8) is 0 Å². The van der Waals surface area contributed by atoms with Gasteiger partial charge in [-0.1, -0.05) is 6.07 Å². The number of benzene rings is 1. The highest BCUT2D eigenvalue weighted by Gasteiger charge is 2.14. The molecule has 0 unspecified atom stereocenters. The first kappa shape index (κ1) is 13.2. The van der Waals surface area contributed by atoms with Crippen molar-refractivity contribution in [2.24, 2.45) is 7.05 Å². The standard InChI is InChI=1S/C14H14N4O3/c1-17-8-6-15-11(17)5-7-18-10-4-2-3-9(13(19)20)12(10)16-14(18)21/h2-4,6,8H,5,7H2,1H3,(H,16,21)(H,19,20). The lowest BCUT2D eigenvalue weighted by Crippen LogP contribution is -2.18. The monoisotopic (exact) mass is 286 g/mol. The number of H-pyrrole nitrogens is 1. The molecular weight excluding hydrogens is 272 g/mol. The molecule has 0 spiro atoms. The average Bonchev–Trinajstić information content (AvgIpc) is 2.99. The predicted molar refractivity (Wildman–Crippen MR) is 76.4 cm³/mol. The van der Waals surface area contributed by atoms with Gasteiger partial charge in [-0.3, -0.25) is 4.57 Å². The van der Waals surface area contributed by atoms with Crippen molar-refractivity contribution in [2.75, 3.05) is 0 Å². The van der Waals surface area contributed by atoms with Crippen LogP contribution in [0, 0.1) is 0 Å². The van der Waals surface area contributed by atoms with Gasteiger partial charge in [-0.05, 0) is 12.1 Å². The molecule has 0 aliphatic rings. The van der Waals surface area contributed by atoms with E-state index in [1.165, 1.54) is 10.6 Å². The van der Waals surface area contributed by atoms with Gasteiger partial charge in [-0.2, -0.15) is 0 Å². The number of aromatic amines is 1. The van der Waals surface area contributed by atoms with E-state index < -0.39 is 5.97 Å². The molecule has 2 aromatic heterocycles. The van der Waals surface area contributed by atoms with Crippen LogP contribution in [0.5, 0.6) is 0 Å². The topological polar surface area (TPSA) is 92.9 Å². The number of aromatic carboxylic acids is 1. The molecule has 0 saturated carbocycles. The molecule has 0 aliphatic heterocycles. The van der Waals surface area contributed by atoms with Gasteiger partial charge in [0.15, 0.2) is 0 Å². The second-order valence-corrected chi connectivity index (χ2v) is 4.79. The number of carboxylic acids is 1. The van der Waals surface area contributed by atoms with Gasteiger partial charge >= 0.3 is 11.7 Å². The highest BCUT2D eigenvalue weighted by molar-refractivity contribution is 6.00. The van der Waals surface area contributed by atoms with Crippen LogP contribution >= 0.6 is 0 Å². The number of hydrogen-bond acceptors (Lipinski definition) is 3. The normalized spacial score (nSPS) is 11.1. The van der Waals surface area contributed by atoms with Crippen molar-refractivity contribution in [1.82, 2.24) is 19.1 Å². The third-order valence-electron chi connectivity index (χ3n) is 3.52. The second kappa shape index (κ2) is 4.93. The van der Waals surface area contributed by atoms with E-state index in [1.807, 2.05) is 17.8 Å². The molecule has 0 fully saturated rings. The Hall–Kier alpha value is -2.83. The van der Waals surface area contributed by atoms with E-state index >= 15 is 0 Å². The predicted octanol–water partition coefficient (Wildman–Crippen LogP) is 1.00. The van der Waals surface area contributed by atoms with Crippen LogP contribution in [0.4, 0.5) is 0 Å². The van der Waals surface area contributed by atoms with Crippen molar-refractivity contribution in [2.45, 2.75) is 13.0 Å². The van der Waals surface area contributed by atoms with E-state index in [1.54, 1.807) is 18.3 Å². The minimum atomic E-state index is -1.06. The summed E-state index contributed by atoms with van der Waals surface area (Å²) in [5, 5.41) is 9.15. The second-order valence-electron chi connectivity index (χ2n) is 4.79. The van der Waals surface area contributed by atoms with Gasteiger partial charge in [0.2, 0.25) is 0 Å². The number of carbonyl (C=O) groups is 1. The zero-order chi connectivity index (χ0) is 15.0. The van der Waals surface area contributed by atoms with Crippen molar-refractivity contribution < 1.29 is 9.90 Å². The molecule has 7 heteroatoms. The maximum absolute atomic E-state index is 12.0. The first-order chi connectivity index (χ1) is 10.1. The molecule has 0 radical (unpaired) electrons. The smallest absolute Gasteiger partial charge is 0.337 e. The average molecular weight is 286 g/mol. The largest absolute Gasteiger partial charge is 0.478 e. The van der Waals surface area contributed by atoms with Gasteiger partial charge in [0.1, 0.15) is 5.82 Å². The molecule has 0 amide bonds. The van der Waals surface area contributed by atoms with Crippen LogP contribution in [0.25, 0.3) is 11.0 Å². The van der Waals surface area contributed by atoms with E-state index in [9.17, 15) is 9.59 Å². The first-order valence-corrected chi connectivity index (χ1v) is 6.49. The third-order valence-corrected chi connectivity index (χ3v) is 3.52. The molecule has 3 rings (SSSR count). The fourth-order valence-corrected chi connectivity index (χ4v) is 2.43. The first-order valence-electron chi connectivity index (χ1n) is 6.49. The summed E-state index contributed by atoms with van der Waals surface area (Å²) in [5.41, 5.74) is 0.734. The lowest BCUT2D eigenvalue weighted by atomic mass is 10.2. The summed E-state index contributed by atoms with van der Waals surface area (Å²) in [6.07, 6.45) is 4.14. The summed E-state index contributed by atoms with van der Waals surface area (Å²) in [6.45, 7) is 0.437.